The lowest BCUT2D eigenvalue weighted by atomic mass is 9.91. The van der Waals surface area contributed by atoms with Crippen LogP contribution in [0.25, 0.3) is 0 Å². The Morgan fingerprint density at radius 2 is 1.68 bits per heavy atom. The van der Waals surface area contributed by atoms with Crippen LogP contribution in [-0.4, -0.2) is 37.8 Å². The highest BCUT2D eigenvalue weighted by atomic mass is 16.6. The van der Waals surface area contributed by atoms with E-state index in [1.54, 1.807) is 24.3 Å². The first-order valence-electron chi connectivity index (χ1n) is 9.68. The lowest BCUT2D eigenvalue weighted by Gasteiger charge is -2.20. The Morgan fingerprint density at radius 1 is 0.964 bits per heavy atom. The average Bonchev–Trinajstić information content (AvgIpc) is 2.68. The fourth-order valence-corrected chi connectivity index (χ4v) is 2.07. The Hall–Kier alpha value is -2.57. The van der Waals surface area contributed by atoms with Crippen molar-refractivity contribution in [2.75, 3.05) is 19.8 Å². The van der Waals surface area contributed by atoms with Crippen LogP contribution in [0.15, 0.2) is 30.3 Å². The van der Waals surface area contributed by atoms with Gasteiger partial charge >= 0.3 is 18.0 Å². The van der Waals surface area contributed by atoms with Crippen molar-refractivity contribution in [3.63, 3.8) is 0 Å². The van der Waals surface area contributed by atoms with Gasteiger partial charge in [0.05, 0.1) is 18.6 Å². The minimum Gasteiger partial charge on any atom is -0.463 e. The molecule has 1 amide bonds. The van der Waals surface area contributed by atoms with Gasteiger partial charge in [0.15, 0.2) is 0 Å². The first-order valence-corrected chi connectivity index (χ1v) is 9.68. The van der Waals surface area contributed by atoms with Gasteiger partial charge in [-0.25, -0.2) is 4.79 Å². The summed E-state index contributed by atoms with van der Waals surface area (Å²) >= 11 is 0. The van der Waals surface area contributed by atoms with E-state index in [4.69, 9.17) is 14.2 Å². The van der Waals surface area contributed by atoms with Crippen LogP contribution in [-0.2, 0) is 19.1 Å². The zero-order chi connectivity index (χ0) is 20.8. The Kier molecular flexibility index (Phi) is 10.7. The molecule has 0 saturated carbocycles. The lowest BCUT2D eigenvalue weighted by Crippen LogP contribution is -2.32. The van der Waals surface area contributed by atoms with Crippen LogP contribution in [0.4, 0.5) is 4.79 Å². The molecule has 0 aliphatic rings. The highest BCUT2D eigenvalue weighted by molar-refractivity contribution is 5.75. The predicted octanol–water partition coefficient (Wildman–Crippen LogP) is 3.86. The number of ether oxygens (including phenoxy) is 3. The van der Waals surface area contributed by atoms with Gasteiger partial charge in [-0.1, -0.05) is 25.1 Å². The van der Waals surface area contributed by atoms with Crippen LogP contribution < -0.4 is 10.1 Å². The first-order chi connectivity index (χ1) is 13.3. The molecule has 0 saturated heterocycles. The molecule has 28 heavy (non-hydrogen) atoms. The van der Waals surface area contributed by atoms with E-state index in [1.807, 2.05) is 26.8 Å². The minimum atomic E-state index is -0.547. The maximum Gasteiger partial charge on any atom is 0.407 e. The number of carbonyl (C=O) groups excluding carboxylic acids is 3. The van der Waals surface area contributed by atoms with Crippen LogP contribution in [0.1, 0.15) is 52.9 Å². The summed E-state index contributed by atoms with van der Waals surface area (Å²) in [5.74, 6) is -0.0157. The zero-order valence-corrected chi connectivity index (χ0v) is 17.0. The number of hydrogen-bond donors (Lipinski definition) is 1. The molecule has 0 radical (unpaired) electrons. The van der Waals surface area contributed by atoms with Crippen molar-refractivity contribution in [2.45, 2.75) is 52.9 Å². The molecule has 0 aliphatic carbocycles. The van der Waals surface area contributed by atoms with Gasteiger partial charge in [0.1, 0.15) is 12.4 Å². The topological polar surface area (TPSA) is 90.9 Å². The van der Waals surface area contributed by atoms with Gasteiger partial charge in [0.2, 0.25) is 0 Å². The number of amides is 1. The fraction of sp³-hybridized carbons (Fsp3) is 0.571. The first kappa shape index (κ1) is 23.5. The second-order valence-electron chi connectivity index (χ2n) is 7.03. The Balaban J connectivity index is 1.99. The van der Waals surface area contributed by atoms with Crippen LogP contribution in [0.2, 0.25) is 0 Å². The molecular formula is C21H31NO6. The molecule has 156 valence electrons. The number of esters is 2. The van der Waals surface area contributed by atoms with Gasteiger partial charge in [-0.15, -0.1) is 0 Å². The van der Waals surface area contributed by atoms with Gasteiger partial charge in [0.25, 0.3) is 0 Å². The summed E-state index contributed by atoms with van der Waals surface area (Å²) in [6, 6.07) is 8.93. The Morgan fingerprint density at radius 3 is 2.36 bits per heavy atom. The van der Waals surface area contributed by atoms with E-state index in [-0.39, 0.29) is 31.7 Å². The second kappa shape index (κ2) is 12.8. The third kappa shape index (κ3) is 9.94. The molecule has 0 unspecified atom stereocenters. The fourth-order valence-electron chi connectivity index (χ4n) is 2.07. The highest BCUT2D eigenvalue weighted by Gasteiger charge is 2.26. The number of para-hydroxylation sites is 1. The molecule has 0 spiro atoms. The zero-order valence-electron chi connectivity index (χ0n) is 17.0. The van der Waals surface area contributed by atoms with E-state index in [0.717, 1.165) is 6.42 Å². The van der Waals surface area contributed by atoms with E-state index in [2.05, 4.69) is 5.32 Å². The van der Waals surface area contributed by atoms with Crippen LogP contribution in [0.3, 0.4) is 0 Å². The van der Waals surface area contributed by atoms with Crippen LogP contribution >= 0.6 is 0 Å². The summed E-state index contributed by atoms with van der Waals surface area (Å²) < 4.78 is 15.3. The monoisotopic (exact) mass is 393 g/mol. The molecule has 0 heterocycles. The smallest absolute Gasteiger partial charge is 0.407 e. The number of benzene rings is 1. The van der Waals surface area contributed by atoms with E-state index >= 15 is 0 Å². The molecule has 0 aliphatic heterocycles. The number of hydrogen-bond acceptors (Lipinski definition) is 6. The summed E-state index contributed by atoms with van der Waals surface area (Å²) in [6.07, 6.45) is 2.53. The van der Waals surface area contributed by atoms with Crippen molar-refractivity contribution < 1.29 is 28.6 Å². The molecule has 1 N–H and O–H groups in total. The summed E-state index contributed by atoms with van der Waals surface area (Å²) in [5, 5.41) is 2.53. The molecule has 1 rings (SSSR count). The largest absolute Gasteiger partial charge is 0.463 e. The lowest BCUT2D eigenvalue weighted by molar-refractivity contribution is -0.153. The predicted molar refractivity (Wildman–Crippen MR) is 105 cm³/mol. The summed E-state index contributed by atoms with van der Waals surface area (Å²) in [6.45, 7) is 6.14. The van der Waals surface area contributed by atoms with Crippen molar-refractivity contribution >= 4 is 18.0 Å². The average molecular weight is 393 g/mol. The summed E-state index contributed by atoms with van der Waals surface area (Å²) in [7, 11) is 0. The van der Waals surface area contributed by atoms with Gasteiger partial charge in [-0.3, -0.25) is 9.59 Å². The van der Waals surface area contributed by atoms with E-state index in [9.17, 15) is 14.4 Å². The van der Waals surface area contributed by atoms with Gasteiger partial charge < -0.3 is 19.5 Å². The van der Waals surface area contributed by atoms with E-state index in [0.29, 0.717) is 31.4 Å². The van der Waals surface area contributed by atoms with Crippen molar-refractivity contribution in [1.29, 1.82) is 0 Å². The molecule has 7 nitrogen and oxygen atoms in total. The SMILES string of the molecule is CCC(C)(C)C(=O)OCCNC(=O)OCCCCCC(=O)Oc1ccccc1. The molecule has 1 aromatic rings. The Labute approximate surface area is 166 Å². The van der Waals surface area contributed by atoms with Gasteiger partial charge in [-0.05, 0) is 51.7 Å². The number of nitrogens with one attached hydrogen (secondary N) is 1. The van der Waals surface area contributed by atoms with Gasteiger partial charge in [-0.2, -0.15) is 0 Å². The summed E-state index contributed by atoms with van der Waals surface area (Å²) in [4.78, 5) is 35.0. The Bertz CT molecular complexity index is 615. The third-order valence-electron chi connectivity index (χ3n) is 4.27. The van der Waals surface area contributed by atoms with E-state index in [1.165, 1.54) is 0 Å². The molecule has 1 aromatic carbocycles. The number of rotatable bonds is 12. The van der Waals surface area contributed by atoms with Crippen LogP contribution in [0.5, 0.6) is 5.75 Å². The molecule has 0 bridgehead atoms. The molecule has 0 aromatic heterocycles. The maximum atomic E-state index is 11.8. The van der Waals surface area contributed by atoms with Gasteiger partial charge in [0, 0.05) is 6.42 Å². The van der Waals surface area contributed by atoms with Crippen molar-refractivity contribution in [3.05, 3.63) is 30.3 Å². The normalized spacial score (nSPS) is 10.8. The van der Waals surface area contributed by atoms with Crippen molar-refractivity contribution in [1.82, 2.24) is 5.32 Å². The standard InChI is InChI=1S/C21H31NO6/c1-4-21(2,3)19(24)26-16-14-22-20(25)27-15-10-6-9-13-18(23)28-17-11-7-5-8-12-17/h5,7-8,11-12H,4,6,9-10,13-16H2,1-3H3,(H,22,25). The third-order valence-corrected chi connectivity index (χ3v) is 4.27. The summed E-state index contributed by atoms with van der Waals surface area (Å²) in [5.41, 5.74) is -0.520. The number of carbonyl (C=O) groups is 3. The quantitative estimate of drug-likeness (QED) is 0.329. The van der Waals surface area contributed by atoms with Crippen molar-refractivity contribution in [3.8, 4) is 5.75 Å². The van der Waals surface area contributed by atoms with Crippen LogP contribution in [0, 0.1) is 5.41 Å². The van der Waals surface area contributed by atoms with E-state index < -0.39 is 11.5 Å². The highest BCUT2D eigenvalue weighted by Crippen LogP contribution is 2.21. The second-order valence-corrected chi connectivity index (χ2v) is 7.03. The molecule has 0 atom stereocenters. The maximum absolute atomic E-state index is 11.8. The minimum absolute atomic E-state index is 0.112. The van der Waals surface area contributed by atoms with Crippen molar-refractivity contribution in [2.24, 2.45) is 5.41 Å². The molecule has 7 heteroatoms. The number of alkyl carbamates (subject to hydrolysis) is 1. The number of unbranched alkanes of at least 4 members (excludes halogenated alkanes) is 2. The molecular weight excluding hydrogens is 362 g/mol. The molecule has 0 fully saturated rings.